The van der Waals surface area contributed by atoms with Gasteiger partial charge in [-0.15, -0.1) is 11.3 Å². The molecule has 1 aromatic heterocycles. The Labute approximate surface area is 170 Å². The van der Waals surface area contributed by atoms with Crippen LogP contribution in [0.15, 0.2) is 48.5 Å². The summed E-state index contributed by atoms with van der Waals surface area (Å²) in [5.41, 5.74) is 1.52. The molecule has 2 aromatic carbocycles. The van der Waals surface area contributed by atoms with Crippen molar-refractivity contribution < 1.29 is 23.1 Å². The van der Waals surface area contributed by atoms with Gasteiger partial charge in [-0.25, -0.2) is 18.6 Å². The van der Waals surface area contributed by atoms with Gasteiger partial charge in [0.2, 0.25) is 0 Å². The number of aryl methyl sites for hydroxylation is 1. The van der Waals surface area contributed by atoms with Crippen molar-refractivity contribution in [3.63, 3.8) is 0 Å². The first kappa shape index (κ1) is 20.6. The second kappa shape index (κ2) is 8.91. The second-order valence-corrected chi connectivity index (χ2v) is 7.36. The van der Waals surface area contributed by atoms with Gasteiger partial charge in [0.15, 0.2) is 6.61 Å². The SMILES string of the molecule is Cc1nc(-c2ccc(F)cc2)sc1C(=O)OCC(=O)N(C)Cc1ccccc1F. The molecule has 0 radical (unpaired) electrons. The van der Waals surface area contributed by atoms with Crippen LogP contribution in [-0.2, 0) is 16.1 Å². The summed E-state index contributed by atoms with van der Waals surface area (Å²) in [6, 6.07) is 11.9. The molecule has 0 N–H and O–H groups in total. The van der Waals surface area contributed by atoms with Gasteiger partial charge in [0.05, 0.1) is 5.69 Å². The highest BCUT2D eigenvalue weighted by Gasteiger charge is 2.20. The number of aromatic nitrogens is 1. The fourth-order valence-electron chi connectivity index (χ4n) is 2.58. The third-order valence-electron chi connectivity index (χ3n) is 4.19. The molecule has 3 aromatic rings. The fourth-order valence-corrected chi connectivity index (χ4v) is 3.54. The third kappa shape index (κ3) is 5.03. The predicted octanol–water partition coefficient (Wildman–Crippen LogP) is 4.21. The summed E-state index contributed by atoms with van der Waals surface area (Å²) in [4.78, 5) is 30.5. The van der Waals surface area contributed by atoms with E-state index in [1.165, 1.54) is 30.1 Å². The van der Waals surface area contributed by atoms with E-state index in [4.69, 9.17) is 4.74 Å². The summed E-state index contributed by atoms with van der Waals surface area (Å²) < 4.78 is 31.9. The molecule has 0 spiro atoms. The van der Waals surface area contributed by atoms with Crippen LogP contribution in [0.3, 0.4) is 0 Å². The largest absolute Gasteiger partial charge is 0.451 e. The summed E-state index contributed by atoms with van der Waals surface area (Å²) >= 11 is 1.11. The van der Waals surface area contributed by atoms with Crippen LogP contribution in [-0.4, -0.2) is 35.4 Å². The minimum Gasteiger partial charge on any atom is -0.451 e. The molecule has 0 fully saturated rings. The van der Waals surface area contributed by atoms with Crippen molar-refractivity contribution in [3.8, 4) is 10.6 Å². The van der Waals surface area contributed by atoms with Gasteiger partial charge >= 0.3 is 5.97 Å². The van der Waals surface area contributed by atoms with E-state index in [0.717, 1.165) is 11.3 Å². The molecule has 0 aliphatic carbocycles. The van der Waals surface area contributed by atoms with Crippen molar-refractivity contribution in [2.45, 2.75) is 13.5 Å². The Bertz CT molecular complexity index is 1030. The highest BCUT2D eigenvalue weighted by molar-refractivity contribution is 7.17. The van der Waals surface area contributed by atoms with Gasteiger partial charge in [-0.1, -0.05) is 18.2 Å². The average Bonchev–Trinajstić information content (AvgIpc) is 3.09. The maximum Gasteiger partial charge on any atom is 0.350 e. The van der Waals surface area contributed by atoms with Gasteiger partial charge in [-0.05, 0) is 37.3 Å². The summed E-state index contributed by atoms with van der Waals surface area (Å²) in [7, 11) is 1.51. The lowest BCUT2D eigenvalue weighted by Gasteiger charge is -2.17. The van der Waals surface area contributed by atoms with Crippen LogP contribution in [0.4, 0.5) is 8.78 Å². The van der Waals surface area contributed by atoms with Crippen molar-refractivity contribution >= 4 is 23.2 Å². The Morgan fingerprint density at radius 1 is 1.10 bits per heavy atom. The van der Waals surface area contributed by atoms with E-state index in [-0.39, 0.29) is 17.2 Å². The molecule has 0 saturated carbocycles. The number of rotatable bonds is 6. The Morgan fingerprint density at radius 3 is 2.48 bits per heavy atom. The number of thiazole rings is 1. The summed E-state index contributed by atoms with van der Waals surface area (Å²) in [5.74, 6) is -1.89. The molecule has 5 nitrogen and oxygen atoms in total. The van der Waals surface area contributed by atoms with Gasteiger partial charge < -0.3 is 9.64 Å². The van der Waals surface area contributed by atoms with Crippen LogP contribution < -0.4 is 0 Å². The lowest BCUT2D eigenvalue weighted by atomic mass is 10.2. The number of hydrogen-bond acceptors (Lipinski definition) is 5. The Morgan fingerprint density at radius 2 is 1.79 bits per heavy atom. The Balaban J connectivity index is 1.61. The lowest BCUT2D eigenvalue weighted by molar-refractivity contribution is -0.133. The molecule has 29 heavy (non-hydrogen) atoms. The van der Waals surface area contributed by atoms with Crippen molar-refractivity contribution in [2.24, 2.45) is 0 Å². The van der Waals surface area contributed by atoms with Gasteiger partial charge in [0.25, 0.3) is 5.91 Å². The van der Waals surface area contributed by atoms with E-state index in [0.29, 0.717) is 21.8 Å². The summed E-state index contributed by atoms with van der Waals surface area (Å²) in [6.07, 6.45) is 0. The predicted molar refractivity (Wildman–Crippen MR) is 105 cm³/mol. The van der Waals surface area contributed by atoms with Crippen LogP contribution in [0, 0.1) is 18.6 Å². The Hall–Kier alpha value is -3.13. The topological polar surface area (TPSA) is 59.5 Å². The average molecular weight is 416 g/mol. The quantitative estimate of drug-likeness (QED) is 0.565. The number of ether oxygens (including phenoxy) is 1. The molecule has 0 aliphatic rings. The maximum absolute atomic E-state index is 13.7. The number of hydrogen-bond donors (Lipinski definition) is 0. The summed E-state index contributed by atoms with van der Waals surface area (Å²) in [6.45, 7) is 1.26. The first-order valence-electron chi connectivity index (χ1n) is 8.73. The van der Waals surface area contributed by atoms with Gasteiger partial charge in [0.1, 0.15) is 21.5 Å². The van der Waals surface area contributed by atoms with E-state index < -0.39 is 24.3 Å². The smallest absolute Gasteiger partial charge is 0.350 e. The van der Waals surface area contributed by atoms with Gasteiger partial charge in [-0.2, -0.15) is 0 Å². The van der Waals surface area contributed by atoms with Crippen LogP contribution in [0.5, 0.6) is 0 Å². The molecular formula is C21H18F2N2O3S. The van der Waals surface area contributed by atoms with Crippen molar-refractivity contribution in [1.29, 1.82) is 0 Å². The number of halogens is 2. The lowest BCUT2D eigenvalue weighted by Crippen LogP contribution is -2.31. The molecule has 1 amide bonds. The van der Waals surface area contributed by atoms with Gasteiger partial charge in [0, 0.05) is 24.7 Å². The maximum atomic E-state index is 13.7. The molecule has 0 aliphatic heterocycles. The molecule has 1 heterocycles. The highest BCUT2D eigenvalue weighted by atomic mass is 32.1. The second-order valence-electron chi connectivity index (χ2n) is 6.36. The monoisotopic (exact) mass is 416 g/mol. The number of esters is 1. The standard InChI is InChI=1S/C21H18F2N2O3S/c1-13-19(29-20(24-13)14-7-9-16(22)10-8-14)21(27)28-12-18(26)25(2)11-15-5-3-4-6-17(15)23/h3-10H,11-12H2,1-2H3. The molecule has 8 heteroatoms. The number of amides is 1. The number of likely N-dealkylation sites (N-methyl/N-ethyl adjacent to an activating group) is 1. The number of carbonyl (C=O) groups excluding carboxylic acids is 2. The zero-order chi connectivity index (χ0) is 21.0. The van der Waals surface area contributed by atoms with Crippen LogP contribution in [0.1, 0.15) is 20.9 Å². The summed E-state index contributed by atoms with van der Waals surface area (Å²) in [5, 5.41) is 0.553. The molecule has 150 valence electrons. The fraction of sp³-hybridized carbons (Fsp3) is 0.190. The van der Waals surface area contributed by atoms with E-state index in [2.05, 4.69) is 4.98 Å². The molecule has 3 rings (SSSR count). The van der Waals surface area contributed by atoms with Crippen LogP contribution in [0.25, 0.3) is 10.6 Å². The third-order valence-corrected chi connectivity index (χ3v) is 5.38. The molecule has 0 bridgehead atoms. The molecule has 0 unspecified atom stereocenters. The van der Waals surface area contributed by atoms with E-state index in [9.17, 15) is 18.4 Å². The Kier molecular flexibility index (Phi) is 6.33. The zero-order valence-corrected chi connectivity index (χ0v) is 16.6. The first-order chi connectivity index (χ1) is 13.8. The first-order valence-corrected chi connectivity index (χ1v) is 9.54. The molecule has 0 saturated heterocycles. The number of benzene rings is 2. The van der Waals surface area contributed by atoms with Crippen LogP contribution in [0.2, 0.25) is 0 Å². The molecular weight excluding hydrogens is 398 g/mol. The number of carbonyl (C=O) groups is 2. The molecule has 0 atom stereocenters. The van der Waals surface area contributed by atoms with Crippen molar-refractivity contribution in [2.75, 3.05) is 13.7 Å². The van der Waals surface area contributed by atoms with Gasteiger partial charge in [-0.3, -0.25) is 4.79 Å². The zero-order valence-electron chi connectivity index (χ0n) is 15.8. The van der Waals surface area contributed by atoms with Crippen molar-refractivity contribution in [1.82, 2.24) is 9.88 Å². The highest BCUT2D eigenvalue weighted by Crippen LogP contribution is 2.28. The van der Waals surface area contributed by atoms with E-state index >= 15 is 0 Å². The van der Waals surface area contributed by atoms with E-state index in [1.54, 1.807) is 37.3 Å². The number of nitrogens with zero attached hydrogens (tertiary/aromatic N) is 2. The normalized spacial score (nSPS) is 10.6. The minimum absolute atomic E-state index is 0.0668. The van der Waals surface area contributed by atoms with E-state index in [1.807, 2.05) is 0 Å². The minimum atomic E-state index is -0.666. The van der Waals surface area contributed by atoms with Crippen molar-refractivity contribution in [3.05, 3.63) is 76.3 Å². The van der Waals surface area contributed by atoms with Crippen LogP contribution >= 0.6 is 11.3 Å².